The van der Waals surface area contributed by atoms with E-state index in [1.54, 1.807) is 30.3 Å². The Bertz CT molecular complexity index is 1240. The van der Waals surface area contributed by atoms with Crippen LogP contribution in [0.2, 0.25) is 5.02 Å². The molecule has 1 amide bonds. The molecule has 0 atom stereocenters. The molecule has 11 heteroatoms. The molecule has 0 aliphatic carbocycles. The first-order valence-corrected chi connectivity index (χ1v) is 10.6. The number of thioether (sulfide) groups is 1. The van der Waals surface area contributed by atoms with Gasteiger partial charge < -0.3 is 9.63 Å². The minimum Gasteiger partial charge on any atom is -0.539 e. The average molecular weight is 473 g/mol. The molecule has 0 radical (unpaired) electrons. The molecule has 3 aromatic rings. The van der Waals surface area contributed by atoms with Gasteiger partial charge in [0.25, 0.3) is 11.6 Å². The van der Waals surface area contributed by atoms with Gasteiger partial charge in [-0.15, -0.1) is 0 Å². The van der Waals surface area contributed by atoms with Gasteiger partial charge in [-0.2, -0.15) is 0 Å². The number of amidine groups is 1. The molecule has 0 saturated carbocycles. The molecular weight excluding hydrogens is 459 g/mol. The lowest BCUT2D eigenvalue weighted by Crippen LogP contribution is -2.38. The lowest BCUT2D eigenvalue weighted by Gasteiger charge is -2.17. The number of benzene rings is 2. The Morgan fingerprint density at radius 1 is 1.28 bits per heavy atom. The van der Waals surface area contributed by atoms with Crippen LogP contribution in [0.1, 0.15) is 16.1 Å². The number of aryl methyl sites for hydroxylation is 1. The second-order valence-electron chi connectivity index (χ2n) is 6.58. The molecule has 8 nitrogen and oxygen atoms in total. The number of Topliss-reactive ketones (excluding diaryl/α,β-unsaturated/α-hetero) is 1. The maximum absolute atomic E-state index is 14.2. The third kappa shape index (κ3) is 4.14. The van der Waals surface area contributed by atoms with Crippen LogP contribution in [-0.4, -0.2) is 27.9 Å². The van der Waals surface area contributed by atoms with Crippen LogP contribution in [0.4, 0.5) is 10.1 Å². The van der Waals surface area contributed by atoms with Crippen molar-refractivity contribution in [3.63, 3.8) is 0 Å². The van der Waals surface area contributed by atoms with Gasteiger partial charge in [0.2, 0.25) is 5.78 Å². The number of anilines is 1. The van der Waals surface area contributed by atoms with E-state index in [0.717, 1.165) is 16.4 Å². The molecule has 162 valence electrons. The van der Waals surface area contributed by atoms with Crippen molar-refractivity contribution in [1.82, 2.24) is 5.27 Å². The summed E-state index contributed by atoms with van der Waals surface area (Å²) in [6.07, 6.45) is 1.26. The van der Waals surface area contributed by atoms with Gasteiger partial charge in [0.15, 0.2) is 18.2 Å². The van der Waals surface area contributed by atoms with Crippen molar-refractivity contribution < 1.29 is 28.3 Å². The van der Waals surface area contributed by atoms with Crippen LogP contribution in [0, 0.1) is 5.82 Å². The SMILES string of the molecule is C[n+]1noc([O-])c1C(=O)CSC1=N/C(=C\c2c(F)cccc2Cl)C(=O)N1c1ccccc1. The zero-order chi connectivity index (χ0) is 22.8. The van der Waals surface area contributed by atoms with Gasteiger partial charge >= 0.3 is 0 Å². The zero-order valence-electron chi connectivity index (χ0n) is 16.5. The lowest BCUT2D eigenvalue weighted by molar-refractivity contribution is -0.741. The van der Waals surface area contributed by atoms with Gasteiger partial charge in [-0.05, 0) is 30.3 Å². The van der Waals surface area contributed by atoms with E-state index in [2.05, 4.69) is 14.8 Å². The molecule has 0 unspecified atom stereocenters. The molecule has 0 N–H and O–H groups in total. The van der Waals surface area contributed by atoms with Crippen molar-refractivity contribution >= 4 is 52.0 Å². The Labute approximate surface area is 190 Å². The topological polar surface area (TPSA) is 103 Å². The van der Waals surface area contributed by atoms with Crippen molar-refractivity contribution in [2.75, 3.05) is 10.7 Å². The molecule has 0 fully saturated rings. The molecular formula is C21H14ClFN4O4S. The molecule has 2 aromatic carbocycles. The summed E-state index contributed by atoms with van der Waals surface area (Å²) in [5.74, 6) is -2.70. The Morgan fingerprint density at radius 3 is 2.69 bits per heavy atom. The minimum atomic E-state index is -0.850. The highest BCUT2D eigenvalue weighted by atomic mass is 35.5. The largest absolute Gasteiger partial charge is 0.539 e. The van der Waals surface area contributed by atoms with E-state index in [0.29, 0.717) is 5.69 Å². The number of ketones is 1. The molecule has 2 heterocycles. The summed E-state index contributed by atoms with van der Waals surface area (Å²) in [5, 5.41) is 15.4. The van der Waals surface area contributed by atoms with Gasteiger partial charge in [0.1, 0.15) is 11.5 Å². The fourth-order valence-electron chi connectivity index (χ4n) is 2.99. The van der Waals surface area contributed by atoms with Crippen molar-refractivity contribution in [3.05, 3.63) is 76.3 Å². The van der Waals surface area contributed by atoms with Gasteiger partial charge in [0, 0.05) is 5.56 Å². The van der Waals surface area contributed by atoms with Gasteiger partial charge in [-0.1, -0.05) is 52.3 Å². The highest BCUT2D eigenvalue weighted by Gasteiger charge is 2.33. The van der Waals surface area contributed by atoms with Crippen molar-refractivity contribution in [1.29, 1.82) is 0 Å². The predicted molar refractivity (Wildman–Crippen MR) is 115 cm³/mol. The summed E-state index contributed by atoms with van der Waals surface area (Å²) < 4.78 is 19.8. The first-order valence-electron chi connectivity index (χ1n) is 9.19. The van der Waals surface area contributed by atoms with Crippen molar-refractivity contribution in [2.24, 2.45) is 12.0 Å². The van der Waals surface area contributed by atoms with Gasteiger partial charge in [-0.25, -0.2) is 9.38 Å². The Balaban J connectivity index is 1.68. The van der Waals surface area contributed by atoms with E-state index >= 15 is 0 Å². The zero-order valence-corrected chi connectivity index (χ0v) is 18.1. The van der Waals surface area contributed by atoms with E-state index in [9.17, 15) is 19.1 Å². The quantitative estimate of drug-likeness (QED) is 0.321. The average Bonchev–Trinajstić information content (AvgIpc) is 3.28. The van der Waals surface area contributed by atoms with E-state index in [1.165, 1.54) is 36.2 Å². The molecule has 0 bridgehead atoms. The monoisotopic (exact) mass is 472 g/mol. The van der Waals surface area contributed by atoms with Gasteiger partial charge in [0.05, 0.1) is 21.7 Å². The number of amides is 1. The molecule has 4 rings (SSSR count). The Morgan fingerprint density at radius 2 is 2.03 bits per heavy atom. The van der Waals surface area contributed by atoms with E-state index < -0.39 is 23.5 Å². The van der Waals surface area contributed by atoms with Gasteiger partial charge in [-0.3, -0.25) is 14.5 Å². The number of hydrogen-bond donors (Lipinski definition) is 0. The summed E-state index contributed by atoms with van der Waals surface area (Å²) in [6, 6.07) is 12.9. The number of halogens is 2. The molecule has 1 aliphatic rings. The number of para-hydroxylation sites is 1. The lowest BCUT2D eigenvalue weighted by atomic mass is 10.1. The normalized spacial score (nSPS) is 14.8. The summed E-state index contributed by atoms with van der Waals surface area (Å²) in [7, 11) is 1.41. The summed E-state index contributed by atoms with van der Waals surface area (Å²) in [5.41, 5.74) is 0.279. The summed E-state index contributed by atoms with van der Waals surface area (Å²) in [4.78, 5) is 31.3. The number of aliphatic imine (C=N–C) groups is 1. The highest BCUT2D eigenvalue weighted by molar-refractivity contribution is 8.14. The van der Waals surface area contributed by atoms with Crippen molar-refractivity contribution in [2.45, 2.75) is 0 Å². The number of aromatic nitrogens is 2. The van der Waals surface area contributed by atoms with Crippen LogP contribution >= 0.6 is 23.4 Å². The third-order valence-electron chi connectivity index (χ3n) is 4.48. The van der Waals surface area contributed by atoms with E-state index in [4.69, 9.17) is 11.6 Å². The number of carbonyl (C=O) groups is 2. The summed E-state index contributed by atoms with van der Waals surface area (Å²) >= 11 is 7.03. The predicted octanol–water partition coefficient (Wildman–Crippen LogP) is 2.73. The first kappa shape index (κ1) is 21.7. The minimum absolute atomic E-state index is 0.0316. The fourth-order valence-corrected chi connectivity index (χ4v) is 4.09. The molecule has 0 spiro atoms. The van der Waals surface area contributed by atoms with Crippen molar-refractivity contribution in [3.8, 4) is 5.95 Å². The molecule has 32 heavy (non-hydrogen) atoms. The highest BCUT2D eigenvalue weighted by Crippen LogP contribution is 2.31. The molecule has 1 aromatic heterocycles. The second kappa shape index (κ2) is 8.93. The smallest absolute Gasteiger partial charge is 0.300 e. The van der Waals surface area contributed by atoms with E-state index in [-0.39, 0.29) is 32.9 Å². The second-order valence-corrected chi connectivity index (χ2v) is 7.93. The Kier molecular flexibility index (Phi) is 6.06. The van der Waals surface area contributed by atoms with Crippen LogP contribution in [0.15, 0.2) is 63.7 Å². The third-order valence-corrected chi connectivity index (χ3v) is 5.75. The van der Waals surface area contributed by atoms with Crippen LogP contribution in [-0.2, 0) is 11.8 Å². The van der Waals surface area contributed by atoms with Crippen LogP contribution < -0.4 is 14.7 Å². The van der Waals surface area contributed by atoms with Crippen LogP contribution in [0.25, 0.3) is 6.08 Å². The fraction of sp³-hybridized carbons (Fsp3) is 0.0952. The van der Waals surface area contributed by atoms with E-state index in [1.807, 2.05) is 0 Å². The van der Waals surface area contributed by atoms with Crippen LogP contribution in [0.5, 0.6) is 5.95 Å². The maximum atomic E-state index is 14.2. The number of nitrogens with zero attached hydrogens (tertiary/aromatic N) is 4. The summed E-state index contributed by atoms with van der Waals surface area (Å²) in [6.45, 7) is 0. The molecule has 0 saturated heterocycles. The Hall–Kier alpha value is -3.50. The van der Waals surface area contributed by atoms with Crippen LogP contribution in [0.3, 0.4) is 0 Å². The standard InChI is InChI=1S/C21H14ClFN4O4S/c1-26-18(20(30)31-25-26)17(28)11-32-21-24-16(10-13-14(22)8-5-9-15(13)23)19(29)27(21)12-6-3-2-4-7-12/h2-10H,11H2,1H3/b16-10-. The first-order chi connectivity index (χ1) is 15.4. The maximum Gasteiger partial charge on any atom is 0.300 e. The molecule has 1 aliphatic heterocycles. The number of hydrogen-bond acceptors (Lipinski definition) is 7. The number of rotatable bonds is 5. The number of carbonyl (C=O) groups excluding carboxylic acids is 2.